The Labute approximate surface area is 170 Å². The number of carbonyl (C=O) groups is 2. The molecule has 0 bridgehead atoms. The van der Waals surface area contributed by atoms with Gasteiger partial charge < -0.3 is 14.2 Å². The predicted octanol–water partition coefficient (Wildman–Crippen LogP) is 3.33. The molecule has 2 aromatic rings. The van der Waals surface area contributed by atoms with Gasteiger partial charge in [0.2, 0.25) is 18.0 Å². The number of ether oxygens (including phenoxy) is 3. The average molecular weight is 448 g/mol. The number of halogens is 1. The highest BCUT2D eigenvalue weighted by molar-refractivity contribution is 9.10. The molecular formula is C19H18BrN3O5. The van der Waals surface area contributed by atoms with Crippen LogP contribution in [-0.4, -0.2) is 34.9 Å². The molecule has 0 N–H and O–H groups in total. The van der Waals surface area contributed by atoms with Crippen LogP contribution in [0.3, 0.4) is 0 Å². The van der Waals surface area contributed by atoms with Gasteiger partial charge in [-0.15, -0.1) is 5.10 Å². The van der Waals surface area contributed by atoms with E-state index in [0.29, 0.717) is 21.3 Å². The molecular weight excluding hydrogens is 430 g/mol. The number of benzene rings is 1. The number of carbonyl (C=O) groups excluding carboxylic acids is 2. The highest BCUT2D eigenvalue weighted by Crippen LogP contribution is 2.42. The van der Waals surface area contributed by atoms with Gasteiger partial charge >= 0.3 is 5.97 Å². The second kappa shape index (κ2) is 7.97. The first kappa shape index (κ1) is 19.8. The Morgan fingerprint density at radius 3 is 2.57 bits per heavy atom. The van der Waals surface area contributed by atoms with Crippen molar-refractivity contribution in [1.29, 1.82) is 0 Å². The Morgan fingerprint density at radius 2 is 2.00 bits per heavy atom. The van der Waals surface area contributed by atoms with Crippen LogP contribution in [0.4, 0.5) is 0 Å². The van der Waals surface area contributed by atoms with Crippen molar-refractivity contribution in [1.82, 2.24) is 9.99 Å². The van der Waals surface area contributed by atoms with Crippen LogP contribution in [0.25, 0.3) is 0 Å². The molecule has 0 aliphatic carbocycles. The van der Waals surface area contributed by atoms with Crippen LogP contribution in [0.5, 0.6) is 11.5 Å². The lowest BCUT2D eigenvalue weighted by Gasteiger charge is -2.22. The Kier molecular flexibility index (Phi) is 5.64. The topological polar surface area (TPSA) is 90.3 Å². The summed E-state index contributed by atoms with van der Waals surface area (Å²) in [6.45, 7) is 4.52. The summed E-state index contributed by atoms with van der Waals surface area (Å²) >= 11 is 3.40. The molecule has 1 aromatic carbocycles. The largest absolute Gasteiger partial charge is 0.493 e. The smallest absolute Gasteiger partial charge is 0.308 e. The molecule has 0 unspecified atom stereocenters. The minimum absolute atomic E-state index is 0.160. The van der Waals surface area contributed by atoms with Gasteiger partial charge in [0.05, 0.1) is 18.2 Å². The van der Waals surface area contributed by atoms with Gasteiger partial charge in [0.15, 0.2) is 11.5 Å². The molecule has 8 nitrogen and oxygen atoms in total. The van der Waals surface area contributed by atoms with Crippen molar-refractivity contribution in [2.45, 2.75) is 27.0 Å². The molecule has 0 saturated heterocycles. The fourth-order valence-corrected chi connectivity index (χ4v) is 3.11. The van der Waals surface area contributed by atoms with Gasteiger partial charge in [-0.05, 0) is 31.2 Å². The van der Waals surface area contributed by atoms with Crippen molar-refractivity contribution >= 4 is 33.7 Å². The first-order valence-corrected chi connectivity index (χ1v) is 9.13. The number of methoxy groups -OCH3 is 1. The first-order valence-electron chi connectivity index (χ1n) is 8.34. The van der Waals surface area contributed by atoms with Crippen molar-refractivity contribution in [2.24, 2.45) is 5.10 Å². The SMILES string of the molecule is COc1cc(Br)cc([C@H]2OC(c3ccc(C)nc3)=NN2C(C)=O)c1OC(C)=O. The maximum absolute atomic E-state index is 12.2. The second-order valence-corrected chi connectivity index (χ2v) is 6.96. The number of aryl methyl sites for hydroxylation is 1. The van der Waals surface area contributed by atoms with E-state index in [1.54, 1.807) is 24.4 Å². The molecule has 0 saturated carbocycles. The third kappa shape index (κ3) is 3.99. The van der Waals surface area contributed by atoms with E-state index >= 15 is 0 Å². The van der Waals surface area contributed by atoms with E-state index in [2.05, 4.69) is 26.0 Å². The molecule has 146 valence electrons. The minimum Gasteiger partial charge on any atom is -0.493 e. The third-order valence-electron chi connectivity index (χ3n) is 3.91. The summed E-state index contributed by atoms with van der Waals surface area (Å²) in [4.78, 5) is 28.1. The summed E-state index contributed by atoms with van der Waals surface area (Å²) in [7, 11) is 1.46. The molecule has 1 aromatic heterocycles. The highest BCUT2D eigenvalue weighted by atomic mass is 79.9. The predicted molar refractivity (Wildman–Crippen MR) is 104 cm³/mol. The van der Waals surface area contributed by atoms with E-state index in [4.69, 9.17) is 14.2 Å². The normalized spacial score (nSPS) is 15.7. The lowest BCUT2D eigenvalue weighted by atomic mass is 10.1. The third-order valence-corrected chi connectivity index (χ3v) is 4.36. The summed E-state index contributed by atoms with van der Waals surface area (Å²) in [5, 5.41) is 5.48. The summed E-state index contributed by atoms with van der Waals surface area (Å²) in [6.07, 6.45) is 0.679. The number of aromatic nitrogens is 1. The Balaban J connectivity index is 2.07. The van der Waals surface area contributed by atoms with Crippen LogP contribution >= 0.6 is 15.9 Å². The monoisotopic (exact) mass is 447 g/mol. The second-order valence-electron chi connectivity index (χ2n) is 6.05. The molecule has 1 aliphatic heterocycles. The number of nitrogens with zero attached hydrogens (tertiary/aromatic N) is 3. The number of amides is 1. The fraction of sp³-hybridized carbons (Fsp3) is 0.263. The number of esters is 1. The van der Waals surface area contributed by atoms with Crippen LogP contribution in [-0.2, 0) is 14.3 Å². The summed E-state index contributed by atoms with van der Waals surface area (Å²) < 4.78 is 17.3. The Morgan fingerprint density at radius 1 is 1.25 bits per heavy atom. The minimum atomic E-state index is -0.936. The number of rotatable bonds is 4. The molecule has 1 amide bonds. The Hall–Kier alpha value is -2.94. The van der Waals surface area contributed by atoms with E-state index in [-0.39, 0.29) is 17.6 Å². The summed E-state index contributed by atoms with van der Waals surface area (Å²) in [5.74, 6) is -0.156. The first-order chi connectivity index (χ1) is 13.3. The summed E-state index contributed by atoms with van der Waals surface area (Å²) in [5.41, 5.74) is 1.88. The molecule has 9 heteroatoms. The zero-order chi connectivity index (χ0) is 20.4. The van der Waals surface area contributed by atoms with E-state index in [9.17, 15) is 9.59 Å². The maximum Gasteiger partial charge on any atom is 0.308 e. The lowest BCUT2D eigenvalue weighted by Crippen LogP contribution is -2.26. The molecule has 0 fully saturated rings. The van der Waals surface area contributed by atoms with Crippen molar-refractivity contribution in [2.75, 3.05) is 7.11 Å². The molecule has 2 heterocycles. The highest BCUT2D eigenvalue weighted by Gasteiger charge is 2.36. The maximum atomic E-state index is 12.2. The number of pyridine rings is 1. The van der Waals surface area contributed by atoms with Crippen LogP contribution in [0, 0.1) is 6.92 Å². The van der Waals surface area contributed by atoms with Gasteiger partial charge in [0, 0.05) is 30.2 Å². The fourth-order valence-electron chi connectivity index (χ4n) is 2.66. The Bertz CT molecular complexity index is 959. The van der Waals surface area contributed by atoms with E-state index < -0.39 is 12.2 Å². The van der Waals surface area contributed by atoms with Crippen molar-refractivity contribution in [3.05, 3.63) is 51.8 Å². The number of hydrogen-bond donors (Lipinski definition) is 0. The summed E-state index contributed by atoms with van der Waals surface area (Å²) in [6, 6.07) is 6.96. The van der Waals surface area contributed by atoms with E-state index in [1.165, 1.54) is 26.0 Å². The van der Waals surface area contributed by atoms with Crippen molar-refractivity contribution < 1.29 is 23.8 Å². The molecule has 1 aliphatic rings. The van der Waals surface area contributed by atoms with Crippen LogP contribution in [0.1, 0.15) is 36.9 Å². The average Bonchev–Trinajstić information content (AvgIpc) is 3.08. The standard InChI is InChI=1S/C19H18BrN3O5/c1-10-5-6-13(9-21-10)18-22-23(11(2)24)19(28-18)15-7-14(20)8-16(26-4)17(15)27-12(3)25/h5-9,19H,1-4H3/t19-/m1/s1. The molecule has 3 rings (SSSR count). The van der Waals surface area contributed by atoms with Gasteiger partial charge in [0.25, 0.3) is 0 Å². The van der Waals surface area contributed by atoms with Gasteiger partial charge in [-0.2, -0.15) is 5.01 Å². The van der Waals surface area contributed by atoms with Gasteiger partial charge in [0.1, 0.15) is 0 Å². The quantitative estimate of drug-likeness (QED) is 0.527. The van der Waals surface area contributed by atoms with Crippen molar-refractivity contribution in [3.63, 3.8) is 0 Å². The van der Waals surface area contributed by atoms with Crippen molar-refractivity contribution in [3.8, 4) is 11.5 Å². The molecule has 0 spiro atoms. The zero-order valence-corrected chi connectivity index (χ0v) is 17.3. The van der Waals surface area contributed by atoms with Crippen LogP contribution < -0.4 is 9.47 Å². The van der Waals surface area contributed by atoms with Gasteiger partial charge in [-0.3, -0.25) is 14.6 Å². The van der Waals surface area contributed by atoms with Gasteiger partial charge in [-0.25, -0.2) is 0 Å². The number of hydrogen-bond acceptors (Lipinski definition) is 7. The molecule has 1 atom stereocenters. The van der Waals surface area contributed by atoms with Gasteiger partial charge in [-0.1, -0.05) is 15.9 Å². The van der Waals surface area contributed by atoms with Crippen LogP contribution in [0.2, 0.25) is 0 Å². The van der Waals surface area contributed by atoms with E-state index in [1.807, 2.05) is 13.0 Å². The number of hydrazone groups is 1. The van der Waals surface area contributed by atoms with Crippen LogP contribution in [0.15, 0.2) is 40.0 Å². The molecule has 0 radical (unpaired) electrons. The molecule has 28 heavy (non-hydrogen) atoms. The lowest BCUT2D eigenvalue weighted by molar-refractivity contribution is -0.135. The van der Waals surface area contributed by atoms with E-state index in [0.717, 1.165) is 5.69 Å². The zero-order valence-electron chi connectivity index (χ0n) is 15.7.